The zero-order chi connectivity index (χ0) is 25.1. The van der Waals surface area contributed by atoms with Gasteiger partial charge in [-0.1, -0.05) is 36.4 Å². The van der Waals surface area contributed by atoms with E-state index >= 15 is 0 Å². The van der Waals surface area contributed by atoms with Crippen molar-refractivity contribution >= 4 is 12.0 Å². The number of likely N-dealkylation sites (tertiary alicyclic amines) is 2. The minimum absolute atomic E-state index is 0.0785. The number of piperidine rings is 1. The Hall–Kier alpha value is -2.83. The molecule has 0 bridgehead atoms. The van der Waals surface area contributed by atoms with E-state index in [0.29, 0.717) is 31.6 Å². The topological polar surface area (TPSA) is 73.2 Å². The molecule has 3 saturated carbocycles. The molecule has 1 spiro atoms. The number of amides is 1. The van der Waals surface area contributed by atoms with E-state index in [0.717, 1.165) is 41.3 Å². The number of carbonyl (C=O) groups is 1. The normalized spacial score (nSPS) is 38.8. The van der Waals surface area contributed by atoms with Gasteiger partial charge in [0.1, 0.15) is 6.10 Å². The summed E-state index contributed by atoms with van der Waals surface area (Å²) in [4.78, 5) is 18.2. The fourth-order valence-electron chi connectivity index (χ4n) is 8.83. The standard InChI is InChI=1S/C31H34N2O4/c1-18-7-10-24(34)26-25(18)31-22-17-32(16-20-8-9-20)27(22)30(31,36)13-11-23(28(31)37-26)33-14-12-21(29(33)35)15-19-5-3-2-4-6-19/h2-7,10,15,20,22-23,27-28,34,36H,8-9,11-14,16-17H2,1H3/b21-15+/t22?,23-,27-,28+,30-,31+/m1/s1. The van der Waals surface area contributed by atoms with E-state index in [9.17, 15) is 15.0 Å². The molecule has 0 radical (unpaired) electrons. The Balaban J connectivity index is 1.18. The number of phenols is 1. The summed E-state index contributed by atoms with van der Waals surface area (Å²) < 4.78 is 6.68. The number of hydrogen-bond acceptors (Lipinski definition) is 5. The van der Waals surface area contributed by atoms with Crippen LogP contribution >= 0.6 is 0 Å². The lowest BCUT2D eigenvalue weighted by Gasteiger charge is -2.78. The smallest absolute Gasteiger partial charge is 0.250 e. The van der Waals surface area contributed by atoms with Gasteiger partial charge in [-0.05, 0) is 68.2 Å². The molecule has 1 amide bonds. The number of fused-ring (bicyclic) bond motifs is 3. The lowest BCUT2D eigenvalue weighted by Crippen LogP contribution is -2.92. The van der Waals surface area contributed by atoms with Crippen LogP contribution in [0.5, 0.6) is 11.5 Å². The molecule has 2 N–H and O–H groups in total. The lowest BCUT2D eigenvalue weighted by atomic mass is 9.35. The quantitative estimate of drug-likeness (QED) is 0.630. The third-order valence-electron chi connectivity index (χ3n) is 10.5. The average molecular weight is 499 g/mol. The number of ether oxygens (including phenoxy) is 1. The SMILES string of the molecule is Cc1ccc(O)c2c1[C@]13C4CN(CC5CC5)[C@H]4[C@]1(O)CC[C@@H](N1CC/C(=C\c4ccccc4)C1=O)[C@@H]3O2. The number of hydrogen-bond donors (Lipinski definition) is 2. The highest BCUT2D eigenvalue weighted by molar-refractivity contribution is 6.00. The van der Waals surface area contributed by atoms with E-state index in [1.165, 1.54) is 12.8 Å². The molecule has 6 heteroatoms. The zero-order valence-electron chi connectivity index (χ0n) is 21.3. The van der Waals surface area contributed by atoms with Crippen LogP contribution < -0.4 is 4.74 Å². The summed E-state index contributed by atoms with van der Waals surface area (Å²) in [6, 6.07) is 13.7. The highest BCUT2D eigenvalue weighted by Crippen LogP contribution is 2.73. The van der Waals surface area contributed by atoms with Crippen LogP contribution in [-0.4, -0.2) is 69.3 Å². The molecule has 2 aromatic carbocycles. The van der Waals surface area contributed by atoms with E-state index < -0.39 is 11.0 Å². The molecule has 5 fully saturated rings. The first kappa shape index (κ1) is 22.2. The fourth-order valence-corrected chi connectivity index (χ4v) is 8.83. The van der Waals surface area contributed by atoms with Crippen LogP contribution in [0, 0.1) is 18.8 Å². The second-order valence-electron chi connectivity index (χ2n) is 12.3. The van der Waals surface area contributed by atoms with Gasteiger partial charge in [-0.15, -0.1) is 0 Å². The van der Waals surface area contributed by atoms with Gasteiger partial charge in [0.25, 0.3) is 0 Å². The molecule has 2 aromatic rings. The number of aryl methyl sites for hydroxylation is 1. The van der Waals surface area contributed by atoms with Gasteiger partial charge < -0.3 is 19.8 Å². The van der Waals surface area contributed by atoms with Crippen molar-refractivity contribution in [1.29, 1.82) is 0 Å². The Morgan fingerprint density at radius 1 is 1.14 bits per heavy atom. The van der Waals surface area contributed by atoms with E-state index in [-0.39, 0.29) is 35.8 Å². The van der Waals surface area contributed by atoms with Gasteiger partial charge in [-0.3, -0.25) is 9.69 Å². The van der Waals surface area contributed by atoms with Crippen molar-refractivity contribution in [3.63, 3.8) is 0 Å². The Labute approximate surface area is 217 Å². The molecule has 6 nitrogen and oxygen atoms in total. The van der Waals surface area contributed by atoms with Crippen molar-refractivity contribution in [2.24, 2.45) is 11.8 Å². The largest absolute Gasteiger partial charge is 0.504 e. The summed E-state index contributed by atoms with van der Waals surface area (Å²) in [7, 11) is 0. The maximum absolute atomic E-state index is 13.7. The van der Waals surface area contributed by atoms with Gasteiger partial charge in [0.2, 0.25) is 5.91 Å². The molecular formula is C31H34N2O4. The molecule has 2 saturated heterocycles. The van der Waals surface area contributed by atoms with Crippen LogP contribution in [-0.2, 0) is 10.2 Å². The van der Waals surface area contributed by atoms with Gasteiger partial charge in [0.05, 0.1) is 17.1 Å². The maximum atomic E-state index is 13.7. The summed E-state index contributed by atoms with van der Waals surface area (Å²) in [5, 5.41) is 23.4. The lowest BCUT2D eigenvalue weighted by molar-refractivity contribution is -0.321. The minimum Gasteiger partial charge on any atom is -0.504 e. The third kappa shape index (κ3) is 2.70. The van der Waals surface area contributed by atoms with Gasteiger partial charge in [-0.2, -0.15) is 0 Å². The first-order chi connectivity index (χ1) is 17.9. The van der Waals surface area contributed by atoms with Crippen molar-refractivity contribution in [1.82, 2.24) is 9.80 Å². The average Bonchev–Trinajstić information content (AvgIpc) is 3.52. The number of nitrogens with zero attached hydrogens (tertiary/aromatic N) is 2. The molecule has 192 valence electrons. The highest BCUT2D eigenvalue weighted by atomic mass is 16.5. The van der Waals surface area contributed by atoms with Gasteiger partial charge in [0.15, 0.2) is 11.5 Å². The zero-order valence-corrected chi connectivity index (χ0v) is 21.3. The molecule has 6 aliphatic rings. The molecule has 8 rings (SSSR count). The monoisotopic (exact) mass is 498 g/mol. The van der Waals surface area contributed by atoms with Crippen LogP contribution in [0.3, 0.4) is 0 Å². The Bertz CT molecular complexity index is 1340. The van der Waals surface area contributed by atoms with Crippen LogP contribution in [0.2, 0.25) is 0 Å². The highest BCUT2D eigenvalue weighted by Gasteiger charge is 2.85. The summed E-state index contributed by atoms with van der Waals surface area (Å²) >= 11 is 0. The van der Waals surface area contributed by atoms with Gasteiger partial charge in [-0.25, -0.2) is 0 Å². The van der Waals surface area contributed by atoms with Crippen molar-refractivity contribution in [2.75, 3.05) is 19.6 Å². The Morgan fingerprint density at radius 2 is 1.95 bits per heavy atom. The van der Waals surface area contributed by atoms with E-state index in [2.05, 4.69) is 11.8 Å². The number of aliphatic hydroxyl groups is 1. The van der Waals surface area contributed by atoms with Crippen molar-refractivity contribution in [3.8, 4) is 11.5 Å². The Kier molecular flexibility index (Phi) is 4.43. The minimum atomic E-state index is -0.902. The summed E-state index contributed by atoms with van der Waals surface area (Å²) in [5.74, 6) is 1.81. The number of benzene rings is 2. The molecule has 0 aromatic heterocycles. The second-order valence-corrected chi connectivity index (χ2v) is 12.3. The number of carbonyl (C=O) groups excluding carboxylic acids is 1. The van der Waals surface area contributed by atoms with E-state index in [4.69, 9.17) is 4.74 Å². The molecule has 3 aliphatic heterocycles. The predicted octanol–water partition coefficient (Wildman–Crippen LogP) is 3.63. The van der Waals surface area contributed by atoms with Gasteiger partial charge >= 0.3 is 0 Å². The molecule has 3 heterocycles. The number of rotatable bonds is 4. The second kappa shape index (κ2) is 7.39. The summed E-state index contributed by atoms with van der Waals surface area (Å²) in [5.41, 5.74) is 2.45. The Morgan fingerprint density at radius 3 is 2.73 bits per heavy atom. The first-order valence-electron chi connectivity index (χ1n) is 14.0. The molecular weight excluding hydrogens is 464 g/mol. The van der Waals surface area contributed by atoms with E-state index in [1.54, 1.807) is 6.07 Å². The molecule has 6 atom stereocenters. The molecule has 1 unspecified atom stereocenters. The number of aromatic hydroxyl groups is 1. The molecule has 3 aliphatic carbocycles. The summed E-state index contributed by atoms with van der Waals surface area (Å²) in [6.07, 6.45) is 6.34. The fraction of sp³-hybridized carbons (Fsp3) is 0.516. The van der Waals surface area contributed by atoms with Crippen molar-refractivity contribution in [2.45, 2.75) is 68.2 Å². The third-order valence-corrected chi connectivity index (χ3v) is 10.5. The first-order valence-corrected chi connectivity index (χ1v) is 14.0. The van der Waals surface area contributed by atoms with Crippen LogP contribution in [0.1, 0.15) is 48.8 Å². The summed E-state index contributed by atoms with van der Waals surface area (Å²) in [6.45, 7) is 4.77. The predicted molar refractivity (Wildman–Crippen MR) is 139 cm³/mol. The van der Waals surface area contributed by atoms with Crippen molar-refractivity contribution in [3.05, 3.63) is 64.7 Å². The van der Waals surface area contributed by atoms with Crippen LogP contribution in [0.4, 0.5) is 0 Å². The maximum Gasteiger partial charge on any atom is 0.250 e. The van der Waals surface area contributed by atoms with Crippen LogP contribution in [0.25, 0.3) is 6.08 Å². The van der Waals surface area contributed by atoms with Crippen LogP contribution in [0.15, 0.2) is 48.0 Å². The van der Waals surface area contributed by atoms with E-state index in [1.807, 2.05) is 47.4 Å². The molecule has 37 heavy (non-hydrogen) atoms. The van der Waals surface area contributed by atoms with Crippen molar-refractivity contribution < 1.29 is 19.7 Å². The number of phenolic OH excluding ortho intramolecular Hbond substituents is 1. The van der Waals surface area contributed by atoms with Gasteiger partial charge in [0, 0.05) is 42.7 Å².